The van der Waals surface area contributed by atoms with Crippen molar-refractivity contribution in [3.8, 4) is 0 Å². The maximum atomic E-state index is 12.6. The van der Waals surface area contributed by atoms with Gasteiger partial charge in [0.05, 0.1) is 16.4 Å². The summed E-state index contributed by atoms with van der Waals surface area (Å²) in [6, 6.07) is 2.75. The molecule has 1 amide bonds. The number of carbonyl (C=O) groups is 2. The van der Waals surface area contributed by atoms with Crippen molar-refractivity contribution in [1.29, 1.82) is 0 Å². The molecule has 21 heavy (non-hydrogen) atoms. The maximum Gasteiger partial charge on any atom is 0.345 e. The molecule has 8 heteroatoms. The van der Waals surface area contributed by atoms with Crippen LogP contribution in [0.25, 0.3) is 0 Å². The summed E-state index contributed by atoms with van der Waals surface area (Å²) in [6.07, 6.45) is 2.25. The SMILES string of the molecule is O=C(O)c1ccc(C(=O)N(C2CC2)C2CCS(=O)(=O)C2)s1. The fourth-order valence-electron chi connectivity index (χ4n) is 2.67. The van der Waals surface area contributed by atoms with Gasteiger partial charge in [0.2, 0.25) is 0 Å². The molecule has 1 unspecified atom stereocenters. The van der Waals surface area contributed by atoms with Crippen LogP contribution in [0.4, 0.5) is 0 Å². The van der Waals surface area contributed by atoms with Gasteiger partial charge in [-0.2, -0.15) is 0 Å². The summed E-state index contributed by atoms with van der Waals surface area (Å²) in [5.74, 6) is -1.15. The first-order chi connectivity index (χ1) is 9.87. The van der Waals surface area contributed by atoms with Gasteiger partial charge in [-0.1, -0.05) is 0 Å². The van der Waals surface area contributed by atoms with Gasteiger partial charge < -0.3 is 10.0 Å². The van der Waals surface area contributed by atoms with Crippen LogP contribution in [0.1, 0.15) is 38.6 Å². The van der Waals surface area contributed by atoms with Crippen molar-refractivity contribution in [2.24, 2.45) is 0 Å². The van der Waals surface area contributed by atoms with Crippen molar-refractivity contribution in [3.05, 3.63) is 21.9 Å². The predicted octanol–water partition coefficient (Wildman–Crippen LogP) is 1.24. The second-order valence-corrected chi connectivity index (χ2v) is 8.78. The van der Waals surface area contributed by atoms with E-state index in [2.05, 4.69) is 0 Å². The lowest BCUT2D eigenvalue weighted by Gasteiger charge is -2.27. The molecule has 3 rings (SSSR count). The summed E-state index contributed by atoms with van der Waals surface area (Å²) >= 11 is 0.941. The van der Waals surface area contributed by atoms with Crippen molar-refractivity contribution < 1.29 is 23.1 Å². The van der Waals surface area contributed by atoms with E-state index in [-0.39, 0.29) is 34.4 Å². The smallest absolute Gasteiger partial charge is 0.345 e. The Labute approximate surface area is 126 Å². The molecule has 1 N–H and O–H groups in total. The number of nitrogens with zero attached hydrogens (tertiary/aromatic N) is 1. The summed E-state index contributed by atoms with van der Waals surface area (Å²) in [7, 11) is -3.05. The van der Waals surface area contributed by atoms with E-state index in [1.165, 1.54) is 12.1 Å². The Kier molecular flexibility index (Phi) is 3.53. The lowest BCUT2D eigenvalue weighted by molar-refractivity contribution is 0.0682. The van der Waals surface area contributed by atoms with Crippen LogP contribution in [0.5, 0.6) is 0 Å². The predicted molar refractivity (Wildman–Crippen MR) is 77.5 cm³/mol. The van der Waals surface area contributed by atoms with E-state index < -0.39 is 15.8 Å². The third-order valence-corrected chi connectivity index (χ3v) is 6.62. The highest BCUT2D eigenvalue weighted by atomic mass is 32.2. The van der Waals surface area contributed by atoms with Gasteiger partial charge in [-0.05, 0) is 31.4 Å². The quantitative estimate of drug-likeness (QED) is 0.897. The van der Waals surface area contributed by atoms with E-state index in [1.807, 2.05) is 0 Å². The molecular formula is C13H15NO5S2. The number of carbonyl (C=O) groups excluding carboxylic acids is 1. The average Bonchev–Trinajstić information content (AvgIpc) is 2.98. The summed E-state index contributed by atoms with van der Waals surface area (Å²) in [4.78, 5) is 25.7. The van der Waals surface area contributed by atoms with E-state index in [0.29, 0.717) is 11.3 Å². The number of rotatable bonds is 4. The molecule has 6 nitrogen and oxygen atoms in total. The molecule has 1 aromatic rings. The van der Waals surface area contributed by atoms with E-state index >= 15 is 0 Å². The fourth-order valence-corrected chi connectivity index (χ4v) is 5.17. The highest BCUT2D eigenvalue weighted by Crippen LogP contribution is 2.34. The van der Waals surface area contributed by atoms with E-state index in [9.17, 15) is 18.0 Å². The van der Waals surface area contributed by atoms with Crippen LogP contribution < -0.4 is 0 Å². The molecule has 1 saturated heterocycles. The molecule has 1 aliphatic carbocycles. The van der Waals surface area contributed by atoms with Crippen molar-refractivity contribution in [3.63, 3.8) is 0 Å². The topological polar surface area (TPSA) is 91.8 Å². The minimum Gasteiger partial charge on any atom is -0.477 e. The molecule has 0 radical (unpaired) electrons. The minimum absolute atomic E-state index is 0.0202. The van der Waals surface area contributed by atoms with Crippen LogP contribution in [0.2, 0.25) is 0 Å². The zero-order valence-electron chi connectivity index (χ0n) is 11.2. The second-order valence-electron chi connectivity index (χ2n) is 5.47. The zero-order valence-corrected chi connectivity index (χ0v) is 12.8. The number of aromatic carboxylic acids is 1. The van der Waals surface area contributed by atoms with Gasteiger partial charge in [-0.15, -0.1) is 11.3 Å². The molecule has 1 atom stereocenters. The van der Waals surface area contributed by atoms with Crippen molar-refractivity contribution in [2.75, 3.05) is 11.5 Å². The van der Waals surface area contributed by atoms with Crippen molar-refractivity contribution in [1.82, 2.24) is 4.90 Å². The van der Waals surface area contributed by atoms with Crippen LogP contribution in [0.3, 0.4) is 0 Å². The normalized spacial score (nSPS) is 23.9. The van der Waals surface area contributed by atoms with Gasteiger partial charge in [0.1, 0.15) is 4.88 Å². The number of sulfone groups is 1. The van der Waals surface area contributed by atoms with Crippen LogP contribution in [-0.4, -0.2) is 53.9 Å². The Morgan fingerprint density at radius 2 is 1.81 bits per heavy atom. The van der Waals surface area contributed by atoms with E-state index in [0.717, 1.165) is 24.2 Å². The Morgan fingerprint density at radius 3 is 2.29 bits per heavy atom. The largest absolute Gasteiger partial charge is 0.477 e. The van der Waals surface area contributed by atoms with E-state index in [4.69, 9.17) is 5.11 Å². The average molecular weight is 329 g/mol. The number of hydrogen-bond donors (Lipinski definition) is 1. The summed E-state index contributed by atoms with van der Waals surface area (Å²) in [5, 5.41) is 8.93. The van der Waals surface area contributed by atoms with Gasteiger partial charge in [-0.3, -0.25) is 4.79 Å². The Bertz CT molecular complexity index is 689. The van der Waals surface area contributed by atoms with Crippen LogP contribution in [0.15, 0.2) is 12.1 Å². The first-order valence-electron chi connectivity index (χ1n) is 6.73. The molecule has 2 aliphatic rings. The monoisotopic (exact) mass is 329 g/mol. The van der Waals surface area contributed by atoms with Gasteiger partial charge in [0.15, 0.2) is 9.84 Å². The standard InChI is InChI=1S/C13H15NO5S2/c15-12(10-3-4-11(20-10)13(16)17)14(8-1-2-8)9-5-6-21(18,19)7-9/h3-4,8-9H,1-2,5-7H2,(H,16,17). The number of amides is 1. The third-order valence-electron chi connectivity index (χ3n) is 3.80. The van der Waals surface area contributed by atoms with Crippen LogP contribution in [0, 0.1) is 0 Å². The Hall–Kier alpha value is -1.41. The van der Waals surface area contributed by atoms with Gasteiger partial charge in [0.25, 0.3) is 5.91 Å². The molecule has 1 saturated carbocycles. The second kappa shape index (κ2) is 5.10. The lowest BCUT2D eigenvalue weighted by Crippen LogP contribution is -2.42. The third kappa shape index (κ3) is 2.96. The summed E-state index contributed by atoms with van der Waals surface area (Å²) < 4.78 is 23.3. The highest BCUT2D eigenvalue weighted by molar-refractivity contribution is 7.91. The lowest BCUT2D eigenvalue weighted by atomic mass is 10.2. The molecule has 1 aromatic heterocycles. The Balaban J connectivity index is 1.83. The number of hydrogen-bond acceptors (Lipinski definition) is 5. The highest BCUT2D eigenvalue weighted by Gasteiger charge is 2.42. The van der Waals surface area contributed by atoms with Crippen molar-refractivity contribution in [2.45, 2.75) is 31.3 Å². The molecule has 1 aliphatic heterocycles. The Morgan fingerprint density at radius 1 is 1.14 bits per heavy atom. The van der Waals surface area contributed by atoms with Gasteiger partial charge in [0, 0.05) is 12.1 Å². The summed E-state index contributed by atoms with van der Waals surface area (Å²) in [5.41, 5.74) is 0. The molecule has 0 spiro atoms. The van der Waals surface area contributed by atoms with Crippen LogP contribution >= 0.6 is 11.3 Å². The minimum atomic E-state index is -3.05. The first kappa shape index (κ1) is 14.5. The number of carboxylic acids is 1. The molecule has 0 bridgehead atoms. The van der Waals surface area contributed by atoms with Gasteiger partial charge >= 0.3 is 5.97 Å². The first-order valence-corrected chi connectivity index (χ1v) is 9.37. The van der Waals surface area contributed by atoms with Crippen molar-refractivity contribution >= 4 is 33.1 Å². The fraction of sp³-hybridized carbons (Fsp3) is 0.538. The number of thiophene rings is 1. The zero-order chi connectivity index (χ0) is 15.2. The van der Waals surface area contributed by atoms with Crippen LogP contribution in [-0.2, 0) is 9.84 Å². The number of carboxylic acid groups (broad SMARTS) is 1. The maximum absolute atomic E-state index is 12.6. The molecule has 2 fully saturated rings. The van der Waals surface area contributed by atoms with E-state index in [1.54, 1.807) is 4.90 Å². The molecule has 114 valence electrons. The van der Waals surface area contributed by atoms with Gasteiger partial charge in [-0.25, -0.2) is 13.2 Å². The summed E-state index contributed by atoms with van der Waals surface area (Å²) in [6.45, 7) is 0. The molecule has 0 aromatic carbocycles. The molecule has 2 heterocycles. The molecular weight excluding hydrogens is 314 g/mol.